The third kappa shape index (κ3) is 5.33. The molecular formula is C18H31FN2O2S. The van der Waals surface area contributed by atoms with Gasteiger partial charge in [0.05, 0.1) is 6.10 Å². The van der Waals surface area contributed by atoms with Crippen LogP contribution in [0.25, 0.3) is 0 Å². The Morgan fingerprint density at radius 2 is 2.12 bits per heavy atom. The van der Waals surface area contributed by atoms with E-state index in [0.717, 1.165) is 45.3 Å². The monoisotopic (exact) mass is 358 g/mol. The van der Waals surface area contributed by atoms with Crippen molar-refractivity contribution in [1.82, 2.24) is 10.2 Å². The standard InChI is InChI=1S/C18H31FN2O2S/c19-14-4-1-6-16(10-14)23-13-18(22)21(12-17-7-3-9-24-17)15-5-2-8-20-11-15/h14-17,20H,1-13H2. The van der Waals surface area contributed by atoms with Crippen molar-refractivity contribution in [2.75, 3.05) is 32.0 Å². The Labute approximate surface area is 149 Å². The van der Waals surface area contributed by atoms with Gasteiger partial charge in [-0.25, -0.2) is 4.39 Å². The largest absolute Gasteiger partial charge is 0.368 e. The molecule has 3 aliphatic rings. The molecule has 1 aliphatic carbocycles. The maximum absolute atomic E-state index is 13.5. The van der Waals surface area contributed by atoms with Crippen LogP contribution in [0.5, 0.6) is 0 Å². The van der Waals surface area contributed by atoms with E-state index in [9.17, 15) is 9.18 Å². The van der Waals surface area contributed by atoms with Crippen LogP contribution in [0.2, 0.25) is 0 Å². The van der Waals surface area contributed by atoms with Crippen molar-refractivity contribution in [1.29, 1.82) is 0 Å². The van der Waals surface area contributed by atoms with Crippen molar-refractivity contribution >= 4 is 17.7 Å². The molecule has 3 rings (SSSR count). The van der Waals surface area contributed by atoms with Gasteiger partial charge in [-0.05, 0) is 57.2 Å². The number of thioether (sulfide) groups is 1. The number of piperidine rings is 1. The van der Waals surface area contributed by atoms with Crippen LogP contribution in [0.4, 0.5) is 4.39 Å². The van der Waals surface area contributed by atoms with E-state index in [1.165, 1.54) is 18.6 Å². The molecule has 4 unspecified atom stereocenters. The number of carbonyl (C=O) groups is 1. The molecule has 3 fully saturated rings. The van der Waals surface area contributed by atoms with Gasteiger partial charge in [0.1, 0.15) is 12.8 Å². The predicted octanol–water partition coefficient (Wildman–Crippen LogP) is 2.76. The number of alkyl halides is 1. The van der Waals surface area contributed by atoms with Gasteiger partial charge in [-0.3, -0.25) is 4.79 Å². The summed E-state index contributed by atoms with van der Waals surface area (Å²) in [6.07, 6.45) is 6.69. The quantitative estimate of drug-likeness (QED) is 0.793. The summed E-state index contributed by atoms with van der Waals surface area (Å²) in [7, 11) is 0. The van der Waals surface area contributed by atoms with Crippen LogP contribution < -0.4 is 5.32 Å². The zero-order valence-electron chi connectivity index (χ0n) is 14.6. The third-order valence-electron chi connectivity index (χ3n) is 5.46. The van der Waals surface area contributed by atoms with Crippen LogP contribution in [0.1, 0.15) is 51.4 Å². The Balaban J connectivity index is 1.53. The van der Waals surface area contributed by atoms with Crippen LogP contribution in [-0.2, 0) is 9.53 Å². The van der Waals surface area contributed by atoms with Gasteiger partial charge in [-0.1, -0.05) is 0 Å². The number of carbonyl (C=O) groups excluding carboxylic acids is 1. The van der Waals surface area contributed by atoms with Crippen molar-refractivity contribution in [3.63, 3.8) is 0 Å². The molecule has 0 radical (unpaired) electrons. The molecule has 1 amide bonds. The summed E-state index contributed by atoms with van der Waals surface area (Å²) in [5, 5.41) is 3.99. The highest BCUT2D eigenvalue weighted by Gasteiger charge is 2.30. The van der Waals surface area contributed by atoms with Crippen molar-refractivity contribution in [3.8, 4) is 0 Å². The Kier molecular flexibility index (Phi) is 7.22. The number of nitrogens with zero attached hydrogens (tertiary/aromatic N) is 1. The first kappa shape index (κ1) is 18.5. The van der Waals surface area contributed by atoms with E-state index < -0.39 is 6.17 Å². The maximum Gasteiger partial charge on any atom is 0.248 e. The molecule has 0 aromatic rings. The third-order valence-corrected chi connectivity index (χ3v) is 6.84. The van der Waals surface area contributed by atoms with E-state index in [4.69, 9.17) is 4.74 Å². The van der Waals surface area contributed by atoms with Crippen LogP contribution >= 0.6 is 11.8 Å². The minimum absolute atomic E-state index is 0.0788. The average molecular weight is 359 g/mol. The van der Waals surface area contributed by atoms with E-state index in [1.54, 1.807) is 0 Å². The van der Waals surface area contributed by atoms with E-state index in [2.05, 4.69) is 10.2 Å². The fourth-order valence-corrected chi connectivity index (χ4v) is 5.34. The fourth-order valence-electron chi connectivity index (χ4n) is 4.07. The van der Waals surface area contributed by atoms with Gasteiger partial charge in [0.15, 0.2) is 0 Å². The molecule has 4 atom stereocenters. The maximum atomic E-state index is 13.5. The van der Waals surface area contributed by atoms with Gasteiger partial charge in [-0.15, -0.1) is 0 Å². The Hall–Kier alpha value is -0.330. The van der Waals surface area contributed by atoms with Gasteiger partial charge < -0.3 is 15.0 Å². The van der Waals surface area contributed by atoms with Crippen molar-refractivity contribution in [2.24, 2.45) is 0 Å². The molecule has 4 nitrogen and oxygen atoms in total. The topological polar surface area (TPSA) is 41.6 Å². The number of rotatable bonds is 6. The number of ether oxygens (including phenoxy) is 1. The molecule has 1 saturated carbocycles. The summed E-state index contributed by atoms with van der Waals surface area (Å²) < 4.78 is 19.3. The summed E-state index contributed by atoms with van der Waals surface area (Å²) in [5.74, 6) is 1.31. The number of nitrogens with one attached hydrogen (secondary N) is 1. The number of halogens is 1. The SMILES string of the molecule is O=C(COC1CCCC(F)C1)N(CC1CCCS1)C1CCCNC1. The zero-order chi connectivity index (χ0) is 16.8. The summed E-state index contributed by atoms with van der Waals surface area (Å²) in [4.78, 5) is 14.9. The highest BCUT2D eigenvalue weighted by Crippen LogP contribution is 2.28. The smallest absolute Gasteiger partial charge is 0.248 e. The van der Waals surface area contributed by atoms with Crippen LogP contribution in [-0.4, -0.2) is 66.4 Å². The van der Waals surface area contributed by atoms with Gasteiger partial charge in [-0.2, -0.15) is 11.8 Å². The first-order chi connectivity index (χ1) is 11.7. The fraction of sp³-hybridized carbons (Fsp3) is 0.944. The first-order valence-electron chi connectivity index (χ1n) is 9.60. The summed E-state index contributed by atoms with van der Waals surface area (Å²) in [5.41, 5.74) is 0. The van der Waals surface area contributed by atoms with Gasteiger partial charge in [0.25, 0.3) is 0 Å². The number of amides is 1. The lowest BCUT2D eigenvalue weighted by Gasteiger charge is -2.36. The van der Waals surface area contributed by atoms with Gasteiger partial charge >= 0.3 is 0 Å². The Morgan fingerprint density at radius 3 is 2.83 bits per heavy atom. The Bertz CT molecular complexity index is 400. The van der Waals surface area contributed by atoms with E-state index >= 15 is 0 Å². The zero-order valence-corrected chi connectivity index (χ0v) is 15.4. The summed E-state index contributed by atoms with van der Waals surface area (Å²) in [6.45, 7) is 2.90. The first-order valence-corrected chi connectivity index (χ1v) is 10.6. The van der Waals surface area contributed by atoms with E-state index in [-0.39, 0.29) is 24.7 Å². The molecule has 138 valence electrons. The summed E-state index contributed by atoms with van der Waals surface area (Å²) >= 11 is 1.99. The van der Waals surface area contributed by atoms with Crippen LogP contribution in [0, 0.1) is 0 Å². The Morgan fingerprint density at radius 1 is 1.21 bits per heavy atom. The molecular weight excluding hydrogens is 327 g/mol. The van der Waals surface area contributed by atoms with Crippen molar-refractivity contribution in [2.45, 2.75) is 74.9 Å². The lowest BCUT2D eigenvalue weighted by atomic mass is 9.96. The number of hydrogen-bond acceptors (Lipinski definition) is 4. The molecule has 0 spiro atoms. The lowest BCUT2D eigenvalue weighted by Crippen LogP contribution is -2.52. The molecule has 0 bridgehead atoms. The molecule has 2 saturated heterocycles. The molecule has 2 heterocycles. The molecule has 0 aromatic carbocycles. The second-order valence-electron chi connectivity index (χ2n) is 7.38. The second-order valence-corrected chi connectivity index (χ2v) is 8.79. The minimum atomic E-state index is -0.757. The minimum Gasteiger partial charge on any atom is -0.368 e. The molecule has 24 heavy (non-hydrogen) atoms. The molecule has 2 aliphatic heterocycles. The molecule has 6 heteroatoms. The highest BCUT2D eigenvalue weighted by atomic mass is 32.2. The van der Waals surface area contributed by atoms with Gasteiger partial charge in [0.2, 0.25) is 5.91 Å². The molecule has 1 N–H and O–H groups in total. The molecule has 0 aromatic heterocycles. The number of hydrogen-bond donors (Lipinski definition) is 1. The van der Waals surface area contributed by atoms with Crippen LogP contribution in [0.3, 0.4) is 0 Å². The predicted molar refractivity (Wildman–Crippen MR) is 96.2 cm³/mol. The summed E-state index contributed by atoms with van der Waals surface area (Å²) in [6, 6.07) is 0.288. The van der Waals surface area contributed by atoms with E-state index in [0.29, 0.717) is 18.1 Å². The second kappa shape index (κ2) is 9.39. The normalized spacial score (nSPS) is 34.2. The van der Waals surface area contributed by atoms with E-state index in [1.807, 2.05) is 11.8 Å². The van der Waals surface area contributed by atoms with Crippen molar-refractivity contribution in [3.05, 3.63) is 0 Å². The van der Waals surface area contributed by atoms with Crippen molar-refractivity contribution < 1.29 is 13.9 Å². The van der Waals surface area contributed by atoms with Crippen LogP contribution in [0.15, 0.2) is 0 Å². The van der Waals surface area contributed by atoms with Gasteiger partial charge in [0, 0.05) is 30.8 Å². The average Bonchev–Trinajstić information content (AvgIpc) is 3.12. The lowest BCUT2D eigenvalue weighted by molar-refractivity contribution is -0.142. The highest BCUT2D eigenvalue weighted by molar-refractivity contribution is 8.00.